The molecule has 0 spiro atoms. The minimum Gasteiger partial charge on any atom is -0.323 e. The summed E-state index contributed by atoms with van der Waals surface area (Å²) in [4.78, 5) is 11.8. The monoisotopic (exact) mass is 317 g/mol. The Hall–Kier alpha value is -1.23. The number of benzene rings is 1. The van der Waals surface area contributed by atoms with Crippen LogP contribution in [0.15, 0.2) is 30.6 Å². The van der Waals surface area contributed by atoms with Crippen LogP contribution in [0.5, 0.6) is 0 Å². The second-order valence-corrected chi connectivity index (χ2v) is 5.07. The van der Waals surface area contributed by atoms with Crippen LogP contribution in [0.3, 0.4) is 0 Å². The van der Waals surface area contributed by atoms with E-state index in [1.165, 1.54) is 6.20 Å². The summed E-state index contributed by atoms with van der Waals surface area (Å²) in [6.07, 6.45) is 3.42. The Bertz CT molecular complexity index is 577. The van der Waals surface area contributed by atoms with Crippen LogP contribution in [0.1, 0.15) is 6.42 Å². The van der Waals surface area contributed by atoms with Crippen molar-refractivity contribution in [1.29, 1.82) is 0 Å². The second kappa shape index (κ2) is 6.28. The van der Waals surface area contributed by atoms with E-state index in [4.69, 9.17) is 34.8 Å². The highest BCUT2D eigenvalue weighted by Crippen LogP contribution is 2.29. The third-order valence-electron chi connectivity index (χ3n) is 2.40. The third-order valence-corrected chi connectivity index (χ3v) is 3.22. The lowest BCUT2D eigenvalue weighted by Gasteiger charge is -2.09. The molecular formula is C12H10Cl3N3O. The van der Waals surface area contributed by atoms with E-state index in [1.54, 1.807) is 29.1 Å². The fourth-order valence-electron chi connectivity index (χ4n) is 1.50. The third kappa shape index (κ3) is 3.86. The molecule has 0 unspecified atom stereocenters. The molecule has 2 rings (SSSR count). The van der Waals surface area contributed by atoms with Gasteiger partial charge in [0.25, 0.3) is 0 Å². The lowest BCUT2D eigenvalue weighted by molar-refractivity contribution is -0.116. The molecule has 0 atom stereocenters. The molecule has 1 N–H and O–H groups in total. The van der Waals surface area contributed by atoms with Crippen LogP contribution < -0.4 is 5.32 Å². The maximum atomic E-state index is 11.8. The molecule has 0 aliphatic rings. The van der Waals surface area contributed by atoms with E-state index in [9.17, 15) is 4.79 Å². The first kappa shape index (κ1) is 14.2. The molecule has 1 aromatic carbocycles. The number of rotatable bonds is 4. The predicted molar refractivity (Wildman–Crippen MR) is 76.9 cm³/mol. The van der Waals surface area contributed by atoms with Gasteiger partial charge in [0, 0.05) is 19.2 Å². The largest absolute Gasteiger partial charge is 0.323 e. The minimum atomic E-state index is -0.193. The van der Waals surface area contributed by atoms with Gasteiger partial charge >= 0.3 is 0 Å². The number of anilines is 1. The smallest absolute Gasteiger partial charge is 0.226 e. The van der Waals surface area contributed by atoms with E-state index in [2.05, 4.69) is 10.4 Å². The molecule has 0 radical (unpaired) electrons. The molecule has 2 aromatic rings. The van der Waals surface area contributed by atoms with Crippen molar-refractivity contribution in [3.05, 3.63) is 45.7 Å². The maximum absolute atomic E-state index is 11.8. The molecule has 1 heterocycles. The average molecular weight is 319 g/mol. The van der Waals surface area contributed by atoms with Crippen LogP contribution in [-0.2, 0) is 11.3 Å². The molecule has 1 aromatic heterocycles. The van der Waals surface area contributed by atoms with Crippen molar-refractivity contribution in [3.63, 3.8) is 0 Å². The summed E-state index contributed by atoms with van der Waals surface area (Å²) >= 11 is 17.6. The fraction of sp³-hybridized carbons (Fsp3) is 0.167. The van der Waals surface area contributed by atoms with Gasteiger partial charge in [-0.25, -0.2) is 0 Å². The van der Waals surface area contributed by atoms with Crippen LogP contribution in [0, 0.1) is 0 Å². The highest BCUT2D eigenvalue weighted by atomic mass is 35.5. The number of amides is 1. The van der Waals surface area contributed by atoms with E-state index in [0.29, 0.717) is 27.3 Å². The first-order valence-electron chi connectivity index (χ1n) is 5.48. The molecule has 4 nitrogen and oxygen atoms in total. The standard InChI is InChI=1S/C12H10Cl3N3O/c13-8-6-16-18(7-8)5-4-11(19)17-12-9(14)2-1-3-10(12)15/h1-3,6-7H,4-5H2,(H,17,19). The van der Waals surface area contributed by atoms with Gasteiger partial charge < -0.3 is 5.32 Å². The summed E-state index contributed by atoms with van der Waals surface area (Å²) in [5, 5.41) is 8.01. The van der Waals surface area contributed by atoms with Gasteiger partial charge in [0.15, 0.2) is 0 Å². The number of nitrogens with zero attached hydrogens (tertiary/aromatic N) is 2. The molecule has 7 heteroatoms. The molecular weight excluding hydrogens is 309 g/mol. The molecule has 0 aliphatic carbocycles. The number of para-hydroxylation sites is 1. The van der Waals surface area contributed by atoms with Crippen molar-refractivity contribution in [2.45, 2.75) is 13.0 Å². The zero-order chi connectivity index (χ0) is 13.8. The summed E-state index contributed by atoms with van der Waals surface area (Å²) in [7, 11) is 0. The quantitative estimate of drug-likeness (QED) is 0.930. The van der Waals surface area contributed by atoms with Gasteiger partial charge in [0.1, 0.15) is 0 Å². The van der Waals surface area contributed by atoms with Crippen LogP contribution in [0.25, 0.3) is 0 Å². The topological polar surface area (TPSA) is 46.9 Å². The van der Waals surface area contributed by atoms with Crippen molar-refractivity contribution in [3.8, 4) is 0 Å². The van der Waals surface area contributed by atoms with Gasteiger partial charge in [0.05, 0.1) is 27.0 Å². The van der Waals surface area contributed by atoms with Gasteiger partial charge in [-0.2, -0.15) is 5.10 Å². The van der Waals surface area contributed by atoms with E-state index in [1.807, 2.05) is 0 Å². The van der Waals surface area contributed by atoms with Crippen LogP contribution in [0.4, 0.5) is 5.69 Å². The molecule has 19 heavy (non-hydrogen) atoms. The summed E-state index contributed by atoms with van der Waals surface area (Å²) in [5.74, 6) is -0.193. The number of aryl methyl sites for hydroxylation is 1. The van der Waals surface area contributed by atoms with Crippen molar-refractivity contribution in [2.75, 3.05) is 5.32 Å². The maximum Gasteiger partial charge on any atom is 0.226 e. The summed E-state index contributed by atoms with van der Waals surface area (Å²) in [6.45, 7) is 0.431. The van der Waals surface area contributed by atoms with E-state index < -0.39 is 0 Å². The first-order chi connectivity index (χ1) is 9.06. The van der Waals surface area contributed by atoms with Crippen LogP contribution in [0.2, 0.25) is 15.1 Å². The van der Waals surface area contributed by atoms with Gasteiger partial charge in [-0.05, 0) is 12.1 Å². The highest BCUT2D eigenvalue weighted by Gasteiger charge is 2.09. The van der Waals surface area contributed by atoms with Gasteiger partial charge in [-0.1, -0.05) is 40.9 Å². The second-order valence-electron chi connectivity index (χ2n) is 3.82. The molecule has 1 amide bonds. The SMILES string of the molecule is O=C(CCn1cc(Cl)cn1)Nc1c(Cl)cccc1Cl. The molecule has 0 saturated carbocycles. The van der Waals surface area contributed by atoms with Crippen LogP contribution >= 0.6 is 34.8 Å². The number of hydrogen-bond acceptors (Lipinski definition) is 2. The predicted octanol–water partition coefficient (Wildman–Crippen LogP) is 3.87. The highest BCUT2D eigenvalue weighted by molar-refractivity contribution is 6.39. The molecule has 100 valence electrons. The summed E-state index contributed by atoms with van der Waals surface area (Å²) in [5.41, 5.74) is 0.425. The van der Waals surface area contributed by atoms with Gasteiger partial charge in [0.2, 0.25) is 5.91 Å². The lowest BCUT2D eigenvalue weighted by atomic mass is 10.3. The Morgan fingerprint density at radius 2 is 1.95 bits per heavy atom. The molecule has 0 saturated heterocycles. The van der Waals surface area contributed by atoms with Crippen molar-refractivity contribution < 1.29 is 4.79 Å². The Balaban J connectivity index is 1.94. The van der Waals surface area contributed by atoms with E-state index in [-0.39, 0.29) is 12.3 Å². The zero-order valence-electron chi connectivity index (χ0n) is 9.74. The summed E-state index contributed by atoms with van der Waals surface area (Å²) in [6, 6.07) is 5.04. The Morgan fingerprint density at radius 3 is 2.53 bits per heavy atom. The lowest BCUT2D eigenvalue weighted by Crippen LogP contribution is -2.15. The Labute approximate surface area is 125 Å². The van der Waals surface area contributed by atoms with Crippen molar-refractivity contribution >= 4 is 46.4 Å². The number of carbonyl (C=O) groups excluding carboxylic acids is 1. The number of halogens is 3. The number of aromatic nitrogens is 2. The van der Waals surface area contributed by atoms with E-state index >= 15 is 0 Å². The van der Waals surface area contributed by atoms with E-state index in [0.717, 1.165) is 0 Å². The van der Waals surface area contributed by atoms with Crippen molar-refractivity contribution in [2.24, 2.45) is 0 Å². The van der Waals surface area contributed by atoms with Gasteiger partial charge in [-0.3, -0.25) is 9.48 Å². The summed E-state index contributed by atoms with van der Waals surface area (Å²) < 4.78 is 1.59. The first-order valence-corrected chi connectivity index (χ1v) is 6.61. The van der Waals surface area contributed by atoms with Crippen molar-refractivity contribution in [1.82, 2.24) is 9.78 Å². The number of carbonyl (C=O) groups is 1. The Morgan fingerprint density at radius 1 is 1.26 bits per heavy atom. The molecule has 0 aliphatic heterocycles. The molecule has 0 bridgehead atoms. The fourth-order valence-corrected chi connectivity index (χ4v) is 2.14. The van der Waals surface area contributed by atoms with Crippen LogP contribution in [-0.4, -0.2) is 15.7 Å². The average Bonchev–Trinajstić information content (AvgIpc) is 2.77. The van der Waals surface area contributed by atoms with Gasteiger partial charge in [-0.15, -0.1) is 0 Å². The number of nitrogens with one attached hydrogen (secondary N) is 1. The normalized spacial score (nSPS) is 10.5. The zero-order valence-corrected chi connectivity index (χ0v) is 12.0. The molecule has 0 fully saturated rings. The number of hydrogen-bond donors (Lipinski definition) is 1. The minimum absolute atomic E-state index is 0.193. The Kier molecular flexibility index (Phi) is 4.69.